The lowest BCUT2D eigenvalue weighted by Gasteiger charge is -2.13. The molecule has 2 aromatic rings. The Morgan fingerprint density at radius 2 is 1.53 bits per heavy atom. The van der Waals surface area contributed by atoms with E-state index in [1.807, 2.05) is 30.3 Å². The smallest absolute Gasteiger partial charge is 0.192 e. The zero-order valence-electron chi connectivity index (χ0n) is 12.0. The number of alkyl halides is 1. The van der Waals surface area contributed by atoms with Crippen LogP contribution in [0.25, 0.3) is 0 Å². The predicted octanol–water partition coefficient (Wildman–Crippen LogP) is 4.88. The second-order valence-corrected chi connectivity index (χ2v) is 6.79. The Morgan fingerprint density at radius 1 is 0.895 bits per heavy atom. The van der Waals surface area contributed by atoms with Gasteiger partial charge in [0, 0.05) is 5.56 Å². The van der Waals surface area contributed by atoms with Crippen LogP contribution in [-0.2, 0) is 10.9 Å². The van der Waals surface area contributed by atoms with Gasteiger partial charge < -0.3 is 0 Å². The van der Waals surface area contributed by atoms with Crippen molar-refractivity contribution in [2.75, 3.05) is 6.01 Å². The number of rotatable bonds is 3. The summed E-state index contributed by atoms with van der Waals surface area (Å²) in [6.45, 7) is 8.48. The summed E-state index contributed by atoms with van der Waals surface area (Å²) >= 11 is 0. The molecule has 0 aliphatic heterocycles. The fourth-order valence-electron chi connectivity index (χ4n) is 2.26. The average Bonchev–Trinajstić information content (AvgIpc) is 2.44. The zero-order valence-corrected chi connectivity index (χ0v) is 12.8. The lowest BCUT2D eigenvalue weighted by atomic mass is 10.00. The number of aryl methyl sites for hydroxylation is 1. The van der Waals surface area contributed by atoms with Gasteiger partial charge in [0.25, 0.3) is 6.01 Å². The van der Waals surface area contributed by atoms with E-state index in [1.54, 1.807) is 0 Å². The summed E-state index contributed by atoms with van der Waals surface area (Å²) < 4.78 is 13.6. The van der Waals surface area contributed by atoms with Crippen LogP contribution in [0.3, 0.4) is 0 Å². The van der Waals surface area contributed by atoms with E-state index in [9.17, 15) is 4.39 Å². The molecule has 0 fully saturated rings. The summed E-state index contributed by atoms with van der Waals surface area (Å²) in [5.41, 5.74) is 5.08. The number of hydrogen-bond acceptors (Lipinski definition) is 0. The normalized spacial score (nSPS) is 12.5. The van der Waals surface area contributed by atoms with Gasteiger partial charge in [-0.1, -0.05) is 18.2 Å². The van der Waals surface area contributed by atoms with Crippen LogP contribution < -0.4 is 0 Å². The van der Waals surface area contributed by atoms with Gasteiger partial charge in [0.2, 0.25) is 0 Å². The third kappa shape index (κ3) is 2.69. The minimum absolute atomic E-state index is 0.327. The van der Waals surface area contributed by atoms with Gasteiger partial charge in [0.05, 0.1) is 10.9 Å². The summed E-state index contributed by atoms with van der Waals surface area (Å²) in [7, 11) is -0.465. The van der Waals surface area contributed by atoms with Crippen LogP contribution in [0.4, 0.5) is 4.39 Å². The Balaban J connectivity index is 2.57. The largest absolute Gasteiger partial charge is 0.256 e. The molecule has 0 spiro atoms. The van der Waals surface area contributed by atoms with Crippen molar-refractivity contribution in [3.05, 3.63) is 58.7 Å². The van der Waals surface area contributed by atoms with Crippen molar-refractivity contribution in [2.24, 2.45) is 0 Å². The topological polar surface area (TPSA) is 0 Å². The Labute approximate surface area is 118 Å². The molecule has 0 radical (unpaired) electrons. The van der Waals surface area contributed by atoms with Crippen LogP contribution in [0, 0.1) is 27.7 Å². The minimum atomic E-state index is -0.465. The molecular formula is C17H20FS+. The summed E-state index contributed by atoms with van der Waals surface area (Å²) in [5, 5.41) is 0. The van der Waals surface area contributed by atoms with Crippen LogP contribution in [0.5, 0.6) is 0 Å². The lowest BCUT2D eigenvalue weighted by Crippen LogP contribution is -2.09. The van der Waals surface area contributed by atoms with E-state index in [-0.39, 0.29) is 6.01 Å². The van der Waals surface area contributed by atoms with Crippen molar-refractivity contribution in [2.45, 2.75) is 37.5 Å². The zero-order chi connectivity index (χ0) is 14.0. The van der Waals surface area contributed by atoms with Crippen LogP contribution in [0.2, 0.25) is 0 Å². The fourth-order valence-corrected chi connectivity index (χ4v) is 4.09. The summed E-state index contributed by atoms with van der Waals surface area (Å²) in [5.74, 6) is 0. The van der Waals surface area contributed by atoms with Gasteiger partial charge in [-0.3, -0.25) is 0 Å². The Kier molecular flexibility index (Phi) is 4.31. The molecule has 0 aliphatic carbocycles. The van der Waals surface area contributed by atoms with Crippen molar-refractivity contribution in [1.82, 2.24) is 0 Å². The maximum absolute atomic E-state index is 13.6. The molecule has 0 nitrogen and oxygen atoms in total. The Bertz CT molecular complexity index is 576. The molecule has 19 heavy (non-hydrogen) atoms. The van der Waals surface area contributed by atoms with Crippen molar-refractivity contribution in [1.29, 1.82) is 0 Å². The molecule has 0 heterocycles. The molecule has 1 atom stereocenters. The van der Waals surface area contributed by atoms with Crippen molar-refractivity contribution >= 4 is 10.9 Å². The van der Waals surface area contributed by atoms with Gasteiger partial charge in [-0.15, -0.1) is 0 Å². The first-order valence-electron chi connectivity index (χ1n) is 6.45. The molecule has 2 rings (SSSR count). The quantitative estimate of drug-likeness (QED) is 0.700. The maximum Gasteiger partial charge on any atom is 0.256 e. The third-order valence-corrected chi connectivity index (χ3v) is 5.85. The molecule has 2 heteroatoms. The first-order chi connectivity index (χ1) is 9.06. The minimum Gasteiger partial charge on any atom is -0.192 e. The number of hydrogen-bond donors (Lipinski definition) is 0. The number of benzene rings is 2. The van der Waals surface area contributed by atoms with Gasteiger partial charge in [0.15, 0.2) is 9.79 Å². The van der Waals surface area contributed by atoms with Crippen LogP contribution in [0.1, 0.15) is 22.3 Å². The second kappa shape index (κ2) is 5.79. The molecule has 0 amide bonds. The molecule has 0 saturated heterocycles. The van der Waals surface area contributed by atoms with E-state index >= 15 is 0 Å². The predicted molar refractivity (Wildman–Crippen MR) is 81.7 cm³/mol. The van der Waals surface area contributed by atoms with Crippen LogP contribution in [-0.4, -0.2) is 6.01 Å². The second-order valence-electron chi connectivity index (χ2n) is 4.88. The van der Waals surface area contributed by atoms with Gasteiger partial charge >= 0.3 is 0 Å². The standard InChI is InChI=1S/C17H20FS/c1-12-10-17(15(4)14(3)13(12)2)19(11-18)16-8-6-5-7-9-16/h5-10H,11H2,1-4H3/q+1. The molecule has 0 N–H and O–H groups in total. The average molecular weight is 275 g/mol. The van der Waals surface area contributed by atoms with E-state index < -0.39 is 10.9 Å². The maximum atomic E-state index is 13.6. The van der Waals surface area contributed by atoms with E-state index in [2.05, 4.69) is 33.8 Å². The van der Waals surface area contributed by atoms with Crippen LogP contribution >= 0.6 is 0 Å². The van der Waals surface area contributed by atoms with E-state index in [4.69, 9.17) is 0 Å². The van der Waals surface area contributed by atoms with Gasteiger partial charge in [-0.05, 0) is 62.6 Å². The van der Waals surface area contributed by atoms with Gasteiger partial charge in [0.1, 0.15) is 0 Å². The van der Waals surface area contributed by atoms with Crippen molar-refractivity contribution in [3.63, 3.8) is 0 Å². The molecule has 0 aliphatic rings. The highest BCUT2D eigenvalue weighted by Crippen LogP contribution is 2.31. The number of halogens is 1. The lowest BCUT2D eigenvalue weighted by molar-refractivity contribution is 0.600. The third-order valence-electron chi connectivity index (χ3n) is 3.84. The molecular weight excluding hydrogens is 255 g/mol. The van der Waals surface area contributed by atoms with Crippen molar-refractivity contribution in [3.8, 4) is 0 Å². The molecule has 0 aromatic heterocycles. The van der Waals surface area contributed by atoms with Gasteiger partial charge in [-0.25, -0.2) is 0 Å². The molecule has 0 bridgehead atoms. The summed E-state index contributed by atoms with van der Waals surface area (Å²) in [4.78, 5) is 2.23. The summed E-state index contributed by atoms with van der Waals surface area (Å²) in [6.07, 6.45) is 0. The van der Waals surface area contributed by atoms with Crippen molar-refractivity contribution < 1.29 is 4.39 Å². The molecule has 1 unspecified atom stereocenters. The fraction of sp³-hybridized carbons (Fsp3) is 0.294. The van der Waals surface area contributed by atoms with E-state index in [0.29, 0.717) is 0 Å². The van der Waals surface area contributed by atoms with Gasteiger partial charge in [-0.2, -0.15) is 4.39 Å². The SMILES string of the molecule is Cc1cc([S+](CF)c2ccccc2)c(C)c(C)c1C. The first kappa shape index (κ1) is 14.1. The highest BCUT2D eigenvalue weighted by Gasteiger charge is 2.28. The molecule has 2 aromatic carbocycles. The Morgan fingerprint density at radius 3 is 2.11 bits per heavy atom. The highest BCUT2D eigenvalue weighted by molar-refractivity contribution is 7.96. The first-order valence-corrected chi connectivity index (χ1v) is 7.85. The van der Waals surface area contributed by atoms with E-state index in [0.717, 1.165) is 9.79 Å². The van der Waals surface area contributed by atoms with E-state index in [1.165, 1.54) is 22.3 Å². The highest BCUT2D eigenvalue weighted by atomic mass is 32.2. The Hall–Kier alpha value is -1.28. The van der Waals surface area contributed by atoms with Crippen LogP contribution in [0.15, 0.2) is 46.2 Å². The molecule has 100 valence electrons. The summed E-state index contributed by atoms with van der Waals surface area (Å²) in [6, 6.07) is 11.8. The molecule has 0 saturated carbocycles. The monoisotopic (exact) mass is 275 g/mol.